The van der Waals surface area contributed by atoms with Gasteiger partial charge in [-0.1, -0.05) is 43.5 Å². The van der Waals surface area contributed by atoms with E-state index in [2.05, 4.69) is 31.2 Å². The highest BCUT2D eigenvalue weighted by atomic mass is 14.5. The third kappa shape index (κ3) is 2.15. The molecule has 0 saturated heterocycles. The van der Waals surface area contributed by atoms with Crippen LogP contribution in [0.3, 0.4) is 0 Å². The smallest absolute Gasteiger partial charge is 0.00324 e. The summed E-state index contributed by atoms with van der Waals surface area (Å²) >= 11 is 0. The number of nitrogens with two attached hydrogens (primary N) is 1. The van der Waals surface area contributed by atoms with Crippen LogP contribution in [0.15, 0.2) is 24.3 Å². The van der Waals surface area contributed by atoms with Gasteiger partial charge in [0.25, 0.3) is 0 Å². The van der Waals surface area contributed by atoms with Gasteiger partial charge < -0.3 is 5.73 Å². The lowest BCUT2D eigenvalue weighted by molar-refractivity contribution is 0.276. The summed E-state index contributed by atoms with van der Waals surface area (Å²) in [4.78, 5) is 0. The van der Waals surface area contributed by atoms with Crippen molar-refractivity contribution in [2.75, 3.05) is 6.54 Å². The quantitative estimate of drug-likeness (QED) is 0.823. The van der Waals surface area contributed by atoms with E-state index in [1.54, 1.807) is 5.56 Å². The lowest BCUT2D eigenvalue weighted by atomic mass is 9.66. The predicted molar refractivity (Wildman–Crippen MR) is 69.6 cm³/mol. The van der Waals surface area contributed by atoms with Crippen molar-refractivity contribution in [3.63, 3.8) is 0 Å². The van der Waals surface area contributed by atoms with E-state index in [1.165, 1.54) is 37.7 Å². The normalized spacial score (nSPS) is 19.6. The molecule has 88 valence electrons. The SMILES string of the molecule is Cc1ccccc1C1(CCN)CCCCC1. The molecule has 0 unspecified atom stereocenters. The fourth-order valence-electron chi connectivity index (χ4n) is 3.33. The van der Waals surface area contributed by atoms with Crippen molar-refractivity contribution in [3.8, 4) is 0 Å². The van der Waals surface area contributed by atoms with Crippen molar-refractivity contribution in [2.24, 2.45) is 5.73 Å². The first-order valence-electron chi connectivity index (χ1n) is 6.55. The Kier molecular flexibility index (Phi) is 3.65. The van der Waals surface area contributed by atoms with E-state index in [-0.39, 0.29) is 0 Å². The molecule has 2 rings (SSSR count). The van der Waals surface area contributed by atoms with Crippen LogP contribution in [0, 0.1) is 6.92 Å². The molecular weight excluding hydrogens is 194 g/mol. The summed E-state index contributed by atoms with van der Waals surface area (Å²) in [5.41, 5.74) is 9.22. The maximum absolute atomic E-state index is 5.83. The van der Waals surface area contributed by atoms with E-state index in [4.69, 9.17) is 5.73 Å². The highest BCUT2D eigenvalue weighted by Gasteiger charge is 2.33. The van der Waals surface area contributed by atoms with Gasteiger partial charge in [-0.05, 0) is 49.3 Å². The molecule has 1 saturated carbocycles. The molecule has 1 aliphatic rings. The number of rotatable bonds is 3. The van der Waals surface area contributed by atoms with Gasteiger partial charge in [0.1, 0.15) is 0 Å². The lowest BCUT2D eigenvalue weighted by Gasteiger charge is -2.39. The van der Waals surface area contributed by atoms with Crippen molar-refractivity contribution < 1.29 is 0 Å². The molecule has 1 aromatic carbocycles. The van der Waals surface area contributed by atoms with Gasteiger partial charge in [0.15, 0.2) is 0 Å². The van der Waals surface area contributed by atoms with Crippen molar-refractivity contribution in [3.05, 3.63) is 35.4 Å². The first-order valence-corrected chi connectivity index (χ1v) is 6.55. The molecule has 0 heterocycles. The van der Waals surface area contributed by atoms with Crippen LogP contribution in [-0.2, 0) is 5.41 Å². The van der Waals surface area contributed by atoms with E-state index >= 15 is 0 Å². The third-order valence-corrected chi connectivity index (χ3v) is 4.15. The molecule has 16 heavy (non-hydrogen) atoms. The third-order valence-electron chi connectivity index (χ3n) is 4.15. The molecule has 0 atom stereocenters. The van der Waals surface area contributed by atoms with Gasteiger partial charge in [-0.15, -0.1) is 0 Å². The molecule has 0 spiro atoms. The number of hydrogen-bond donors (Lipinski definition) is 1. The van der Waals surface area contributed by atoms with E-state index < -0.39 is 0 Å². The molecule has 2 N–H and O–H groups in total. The molecule has 1 nitrogen and oxygen atoms in total. The van der Waals surface area contributed by atoms with Crippen molar-refractivity contribution >= 4 is 0 Å². The molecule has 0 aliphatic heterocycles. The maximum Gasteiger partial charge on any atom is -0.00324 e. The Bertz CT molecular complexity index is 332. The summed E-state index contributed by atoms with van der Waals surface area (Å²) in [6.45, 7) is 3.05. The lowest BCUT2D eigenvalue weighted by Crippen LogP contribution is -2.32. The van der Waals surface area contributed by atoms with Crippen LogP contribution < -0.4 is 5.73 Å². The molecule has 0 radical (unpaired) electrons. The zero-order chi connectivity index (χ0) is 11.4. The fraction of sp³-hybridized carbons (Fsp3) is 0.600. The minimum absolute atomic E-state index is 0.387. The summed E-state index contributed by atoms with van der Waals surface area (Å²) in [6, 6.07) is 8.87. The topological polar surface area (TPSA) is 26.0 Å². The van der Waals surface area contributed by atoms with Crippen molar-refractivity contribution in [1.29, 1.82) is 0 Å². The van der Waals surface area contributed by atoms with Crippen LogP contribution in [0.25, 0.3) is 0 Å². The van der Waals surface area contributed by atoms with E-state index in [9.17, 15) is 0 Å². The second kappa shape index (κ2) is 5.01. The van der Waals surface area contributed by atoms with Crippen LogP contribution in [0.5, 0.6) is 0 Å². The predicted octanol–water partition coefficient (Wildman–Crippen LogP) is 3.55. The van der Waals surface area contributed by atoms with E-state index in [1.807, 2.05) is 0 Å². The van der Waals surface area contributed by atoms with Crippen LogP contribution >= 0.6 is 0 Å². The Balaban J connectivity index is 2.34. The Morgan fingerprint density at radius 3 is 2.44 bits per heavy atom. The molecule has 1 heteroatoms. The number of benzene rings is 1. The van der Waals surface area contributed by atoms with Crippen LogP contribution in [0.4, 0.5) is 0 Å². The van der Waals surface area contributed by atoms with Gasteiger partial charge in [0.05, 0.1) is 0 Å². The number of aryl methyl sites for hydroxylation is 1. The van der Waals surface area contributed by atoms with Crippen LogP contribution in [0.1, 0.15) is 49.7 Å². The average Bonchev–Trinajstić information content (AvgIpc) is 2.31. The zero-order valence-electron chi connectivity index (χ0n) is 10.3. The van der Waals surface area contributed by atoms with Crippen molar-refractivity contribution in [2.45, 2.75) is 50.9 Å². The highest BCUT2D eigenvalue weighted by molar-refractivity contribution is 5.34. The first-order chi connectivity index (χ1) is 7.78. The van der Waals surface area contributed by atoms with Gasteiger partial charge in [-0.2, -0.15) is 0 Å². The Morgan fingerprint density at radius 1 is 1.12 bits per heavy atom. The Morgan fingerprint density at radius 2 is 1.81 bits per heavy atom. The number of hydrogen-bond acceptors (Lipinski definition) is 1. The van der Waals surface area contributed by atoms with Crippen molar-refractivity contribution in [1.82, 2.24) is 0 Å². The van der Waals surface area contributed by atoms with Gasteiger partial charge in [0.2, 0.25) is 0 Å². The fourth-order valence-corrected chi connectivity index (χ4v) is 3.33. The first kappa shape index (κ1) is 11.7. The van der Waals surface area contributed by atoms with Gasteiger partial charge in [-0.3, -0.25) is 0 Å². The molecule has 1 fully saturated rings. The molecule has 0 amide bonds. The summed E-state index contributed by atoms with van der Waals surface area (Å²) in [5, 5.41) is 0. The monoisotopic (exact) mass is 217 g/mol. The molecule has 1 aliphatic carbocycles. The Labute approximate surface area is 99.0 Å². The minimum atomic E-state index is 0.387. The molecule has 0 bridgehead atoms. The molecule has 1 aromatic rings. The second-order valence-electron chi connectivity index (χ2n) is 5.19. The summed E-state index contributed by atoms with van der Waals surface area (Å²) < 4.78 is 0. The Hall–Kier alpha value is -0.820. The van der Waals surface area contributed by atoms with Gasteiger partial charge in [-0.25, -0.2) is 0 Å². The zero-order valence-corrected chi connectivity index (χ0v) is 10.3. The van der Waals surface area contributed by atoms with E-state index in [0.717, 1.165) is 13.0 Å². The molecule has 0 aromatic heterocycles. The van der Waals surface area contributed by atoms with Gasteiger partial charge >= 0.3 is 0 Å². The summed E-state index contributed by atoms with van der Waals surface area (Å²) in [6.07, 6.45) is 7.95. The highest BCUT2D eigenvalue weighted by Crippen LogP contribution is 2.42. The van der Waals surface area contributed by atoms with Crippen LogP contribution in [-0.4, -0.2) is 6.54 Å². The van der Waals surface area contributed by atoms with Crippen LogP contribution in [0.2, 0.25) is 0 Å². The second-order valence-corrected chi connectivity index (χ2v) is 5.19. The minimum Gasteiger partial charge on any atom is -0.330 e. The summed E-state index contributed by atoms with van der Waals surface area (Å²) in [7, 11) is 0. The maximum atomic E-state index is 5.83. The standard InChI is InChI=1S/C15H23N/c1-13-7-3-4-8-14(13)15(11-12-16)9-5-2-6-10-15/h3-4,7-8H,2,5-6,9-12,16H2,1H3. The van der Waals surface area contributed by atoms with Gasteiger partial charge in [0, 0.05) is 0 Å². The van der Waals surface area contributed by atoms with E-state index in [0.29, 0.717) is 5.41 Å². The molecular formula is C15H23N. The largest absolute Gasteiger partial charge is 0.330 e. The average molecular weight is 217 g/mol. The summed E-state index contributed by atoms with van der Waals surface area (Å²) in [5.74, 6) is 0.